The molecule has 2 aliphatic carbocycles. The van der Waals surface area contributed by atoms with E-state index in [2.05, 4.69) is 19.1 Å². The summed E-state index contributed by atoms with van der Waals surface area (Å²) in [6, 6.07) is 3.78. The molecular formula is C27H29F5. The number of allylic oxidation sites excluding steroid dienone is 2. The maximum absolute atomic E-state index is 14.8. The van der Waals surface area contributed by atoms with Crippen molar-refractivity contribution in [3.63, 3.8) is 0 Å². The van der Waals surface area contributed by atoms with E-state index in [1.54, 1.807) is 0 Å². The average molecular weight is 449 g/mol. The Morgan fingerprint density at radius 2 is 1.16 bits per heavy atom. The summed E-state index contributed by atoms with van der Waals surface area (Å²) in [5, 5.41) is 0. The molecule has 2 aromatic rings. The van der Waals surface area contributed by atoms with Gasteiger partial charge in [0.15, 0.2) is 17.5 Å². The van der Waals surface area contributed by atoms with E-state index in [9.17, 15) is 22.0 Å². The van der Waals surface area contributed by atoms with E-state index in [1.807, 2.05) is 0 Å². The highest BCUT2D eigenvalue weighted by molar-refractivity contribution is 5.65. The SMILES string of the molecule is C/C=C/C1CCC(C2CCC(c3cc(F)c(-c4cc(F)c(F)c(F)c4)c(F)c3)CC2)CC1. The van der Waals surface area contributed by atoms with Crippen molar-refractivity contribution in [2.45, 2.75) is 64.2 Å². The third-order valence-electron chi connectivity index (χ3n) is 7.53. The molecule has 0 aromatic heterocycles. The lowest BCUT2D eigenvalue weighted by Crippen LogP contribution is -2.25. The van der Waals surface area contributed by atoms with Gasteiger partial charge in [0.1, 0.15) is 11.6 Å². The van der Waals surface area contributed by atoms with Gasteiger partial charge in [-0.3, -0.25) is 0 Å². The Morgan fingerprint density at radius 1 is 0.656 bits per heavy atom. The fourth-order valence-corrected chi connectivity index (χ4v) is 5.81. The highest BCUT2D eigenvalue weighted by Crippen LogP contribution is 2.44. The first-order valence-corrected chi connectivity index (χ1v) is 11.6. The van der Waals surface area contributed by atoms with Gasteiger partial charge in [-0.2, -0.15) is 0 Å². The predicted octanol–water partition coefficient (Wildman–Crippen LogP) is 8.71. The molecule has 32 heavy (non-hydrogen) atoms. The smallest absolute Gasteiger partial charge is 0.194 e. The second-order valence-electron chi connectivity index (χ2n) is 9.43. The van der Waals surface area contributed by atoms with Crippen LogP contribution in [0.4, 0.5) is 22.0 Å². The fourth-order valence-electron chi connectivity index (χ4n) is 5.81. The maximum atomic E-state index is 14.8. The third kappa shape index (κ3) is 4.77. The normalized spacial score (nSPS) is 26.6. The minimum absolute atomic E-state index is 0.0744. The summed E-state index contributed by atoms with van der Waals surface area (Å²) in [4.78, 5) is 0. The zero-order valence-electron chi connectivity index (χ0n) is 18.3. The molecule has 0 N–H and O–H groups in total. The van der Waals surface area contributed by atoms with Crippen LogP contribution in [0.3, 0.4) is 0 Å². The van der Waals surface area contributed by atoms with Crippen LogP contribution < -0.4 is 0 Å². The number of benzene rings is 2. The molecule has 2 fully saturated rings. The van der Waals surface area contributed by atoms with Crippen LogP contribution >= 0.6 is 0 Å². The fraction of sp³-hybridized carbons (Fsp3) is 0.481. The molecule has 172 valence electrons. The van der Waals surface area contributed by atoms with Crippen LogP contribution in [-0.4, -0.2) is 0 Å². The molecule has 0 atom stereocenters. The van der Waals surface area contributed by atoms with E-state index in [0.29, 0.717) is 29.5 Å². The van der Waals surface area contributed by atoms with Gasteiger partial charge >= 0.3 is 0 Å². The van der Waals surface area contributed by atoms with Gasteiger partial charge in [0, 0.05) is 0 Å². The number of hydrogen-bond donors (Lipinski definition) is 0. The van der Waals surface area contributed by atoms with Crippen LogP contribution in [0.1, 0.15) is 69.8 Å². The monoisotopic (exact) mass is 448 g/mol. The maximum Gasteiger partial charge on any atom is 0.194 e. The van der Waals surface area contributed by atoms with Gasteiger partial charge < -0.3 is 0 Å². The molecule has 4 rings (SSSR count). The standard InChI is InChI=1S/C27H29F5/c1-2-3-16-4-6-17(7-5-16)18-8-10-19(11-9-18)20-12-22(28)26(23(29)13-20)21-14-24(30)27(32)25(31)15-21/h2-3,12-19H,4-11H2,1H3/b3-2+. The van der Waals surface area contributed by atoms with Crippen LogP contribution in [0.2, 0.25) is 0 Å². The van der Waals surface area contributed by atoms with Crippen molar-refractivity contribution in [2.24, 2.45) is 17.8 Å². The van der Waals surface area contributed by atoms with Crippen LogP contribution in [0, 0.1) is 46.8 Å². The van der Waals surface area contributed by atoms with Gasteiger partial charge in [-0.25, -0.2) is 22.0 Å². The summed E-state index contributed by atoms with van der Waals surface area (Å²) in [7, 11) is 0. The summed E-state index contributed by atoms with van der Waals surface area (Å²) in [5.41, 5.74) is -0.291. The minimum Gasteiger partial charge on any atom is -0.206 e. The van der Waals surface area contributed by atoms with Crippen molar-refractivity contribution in [2.75, 3.05) is 0 Å². The Labute approximate surface area is 186 Å². The Bertz CT molecular complexity index is 934. The molecule has 0 spiro atoms. The van der Waals surface area contributed by atoms with Gasteiger partial charge in [-0.1, -0.05) is 12.2 Å². The van der Waals surface area contributed by atoms with Gasteiger partial charge in [0.05, 0.1) is 5.56 Å². The first-order valence-electron chi connectivity index (χ1n) is 11.6. The average Bonchev–Trinajstić information content (AvgIpc) is 2.78. The van der Waals surface area contributed by atoms with E-state index in [0.717, 1.165) is 31.6 Å². The molecule has 2 aliphatic rings. The molecule has 0 radical (unpaired) electrons. The zero-order chi connectivity index (χ0) is 22.8. The molecule has 0 heterocycles. The Hall–Kier alpha value is -2.17. The van der Waals surface area contributed by atoms with E-state index >= 15 is 0 Å². The first kappa shape index (κ1) is 23.0. The van der Waals surface area contributed by atoms with Gasteiger partial charge in [0.2, 0.25) is 0 Å². The van der Waals surface area contributed by atoms with E-state index in [4.69, 9.17) is 0 Å². The molecule has 0 aliphatic heterocycles. The van der Waals surface area contributed by atoms with Crippen molar-refractivity contribution < 1.29 is 22.0 Å². The molecule has 0 amide bonds. The van der Waals surface area contributed by atoms with E-state index in [1.165, 1.54) is 37.8 Å². The van der Waals surface area contributed by atoms with Gasteiger partial charge in [-0.05, 0) is 117 Å². The van der Waals surface area contributed by atoms with Crippen molar-refractivity contribution >= 4 is 0 Å². The van der Waals surface area contributed by atoms with E-state index in [-0.39, 0.29) is 11.5 Å². The third-order valence-corrected chi connectivity index (χ3v) is 7.53. The molecule has 0 bridgehead atoms. The Morgan fingerprint density at radius 3 is 1.66 bits per heavy atom. The number of hydrogen-bond acceptors (Lipinski definition) is 0. The molecule has 2 saturated carbocycles. The summed E-state index contributed by atoms with van der Waals surface area (Å²) in [6.45, 7) is 2.07. The van der Waals surface area contributed by atoms with Crippen LogP contribution in [0.25, 0.3) is 11.1 Å². The number of halogens is 5. The quantitative estimate of drug-likeness (QED) is 0.249. The van der Waals surface area contributed by atoms with Crippen molar-refractivity contribution in [1.82, 2.24) is 0 Å². The Kier molecular flexibility index (Phi) is 7.02. The lowest BCUT2D eigenvalue weighted by Gasteiger charge is -2.37. The van der Waals surface area contributed by atoms with Crippen molar-refractivity contribution in [3.8, 4) is 11.1 Å². The van der Waals surface area contributed by atoms with Crippen LogP contribution in [-0.2, 0) is 0 Å². The van der Waals surface area contributed by atoms with E-state index < -0.39 is 34.6 Å². The van der Waals surface area contributed by atoms with Crippen LogP contribution in [0.5, 0.6) is 0 Å². The van der Waals surface area contributed by atoms with Crippen molar-refractivity contribution in [1.29, 1.82) is 0 Å². The molecule has 5 heteroatoms. The topological polar surface area (TPSA) is 0 Å². The molecule has 2 aromatic carbocycles. The molecule has 0 saturated heterocycles. The number of rotatable bonds is 4. The summed E-state index contributed by atoms with van der Waals surface area (Å²) in [6.07, 6.45) is 13.4. The second-order valence-corrected chi connectivity index (χ2v) is 9.43. The predicted molar refractivity (Wildman–Crippen MR) is 117 cm³/mol. The molecule has 0 nitrogen and oxygen atoms in total. The largest absolute Gasteiger partial charge is 0.206 e. The lowest BCUT2D eigenvalue weighted by atomic mass is 9.68. The minimum atomic E-state index is -1.65. The summed E-state index contributed by atoms with van der Waals surface area (Å²) < 4.78 is 69.9. The van der Waals surface area contributed by atoms with Crippen LogP contribution in [0.15, 0.2) is 36.4 Å². The highest BCUT2D eigenvalue weighted by Gasteiger charge is 2.31. The first-order chi connectivity index (χ1) is 15.4. The Balaban J connectivity index is 1.44. The zero-order valence-corrected chi connectivity index (χ0v) is 18.3. The van der Waals surface area contributed by atoms with Crippen molar-refractivity contribution in [3.05, 3.63) is 71.1 Å². The summed E-state index contributed by atoms with van der Waals surface area (Å²) in [5.74, 6) is -4.15. The lowest BCUT2D eigenvalue weighted by molar-refractivity contribution is 0.171. The summed E-state index contributed by atoms with van der Waals surface area (Å²) >= 11 is 0. The second kappa shape index (κ2) is 9.76. The van der Waals surface area contributed by atoms with Gasteiger partial charge in [0.25, 0.3) is 0 Å². The molecule has 0 unspecified atom stereocenters. The highest BCUT2D eigenvalue weighted by atomic mass is 19.2. The molecular weight excluding hydrogens is 419 g/mol. The van der Waals surface area contributed by atoms with Gasteiger partial charge in [-0.15, -0.1) is 0 Å².